The number of carbonyl (C=O) groups is 1. The molecule has 0 spiro atoms. The quantitative estimate of drug-likeness (QED) is 0.647. The maximum atomic E-state index is 13.0. The van der Waals surface area contributed by atoms with Gasteiger partial charge in [0.05, 0.1) is 5.02 Å². The number of hydrogen-bond acceptors (Lipinski definition) is 3. The molecule has 0 fully saturated rings. The molecule has 6 heteroatoms. The summed E-state index contributed by atoms with van der Waals surface area (Å²) in [7, 11) is 0. The lowest BCUT2D eigenvalue weighted by Gasteiger charge is -2.10. The van der Waals surface area contributed by atoms with Crippen molar-refractivity contribution in [2.24, 2.45) is 0 Å². The van der Waals surface area contributed by atoms with Crippen LogP contribution >= 0.6 is 11.6 Å². The Kier molecular flexibility index (Phi) is 6.01. The molecule has 1 atom stereocenters. The number of nitrogens with one attached hydrogen (secondary N) is 2. The van der Waals surface area contributed by atoms with Crippen LogP contribution in [0.5, 0.6) is 0 Å². The molecular formula is C14H15ClFN3O. The first-order chi connectivity index (χ1) is 9.47. The van der Waals surface area contributed by atoms with Crippen LogP contribution in [0.25, 0.3) is 0 Å². The Labute approximate surface area is 122 Å². The topological polar surface area (TPSA) is 64.9 Å². The molecule has 0 aromatic heterocycles. The molecule has 4 nitrogen and oxygen atoms in total. The Morgan fingerprint density at radius 3 is 2.85 bits per heavy atom. The minimum Gasteiger partial charge on any atom is -0.360 e. The van der Waals surface area contributed by atoms with Crippen LogP contribution in [-0.2, 0) is 4.79 Å². The highest BCUT2D eigenvalue weighted by Gasteiger charge is 2.11. The minimum absolute atomic E-state index is 0.0143. The number of hydrogen-bond donors (Lipinski definition) is 2. The van der Waals surface area contributed by atoms with Crippen molar-refractivity contribution < 1.29 is 9.18 Å². The Bertz CT molecular complexity index is 566. The van der Waals surface area contributed by atoms with Crippen LogP contribution in [-0.4, -0.2) is 11.9 Å². The van der Waals surface area contributed by atoms with Gasteiger partial charge in [-0.2, -0.15) is 5.26 Å². The summed E-state index contributed by atoms with van der Waals surface area (Å²) >= 11 is 5.63. The van der Waals surface area contributed by atoms with Gasteiger partial charge in [-0.15, -0.1) is 0 Å². The third-order valence-corrected chi connectivity index (χ3v) is 2.95. The van der Waals surface area contributed by atoms with E-state index in [1.165, 1.54) is 24.4 Å². The van der Waals surface area contributed by atoms with Crippen LogP contribution in [0.2, 0.25) is 5.02 Å². The van der Waals surface area contributed by atoms with Crippen LogP contribution < -0.4 is 10.6 Å². The van der Waals surface area contributed by atoms with E-state index in [4.69, 9.17) is 16.9 Å². The van der Waals surface area contributed by atoms with E-state index in [0.29, 0.717) is 5.69 Å². The molecule has 1 rings (SSSR count). The average Bonchev–Trinajstić information content (AvgIpc) is 2.43. The summed E-state index contributed by atoms with van der Waals surface area (Å²) in [5.41, 5.74) is 0.422. The molecule has 1 aromatic rings. The van der Waals surface area contributed by atoms with E-state index in [1.54, 1.807) is 0 Å². The summed E-state index contributed by atoms with van der Waals surface area (Å²) in [5.74, 6) is -0.987. The largest absolute Gasteiger partial charge is 0.360 e. The summed E-state index contributed by atoms with van der Waals surface area (Å²) in [6.45, 7) is 3.78. The predicted octanol–water partition coefficient (Wildman–Crippen LogP) is 3.21. The highest BCUT2D eigenvalue weighted by atomic mass is 35.5. The zero-order valence-corrected chi connectivity index (χ0v) is 12.0. The van der Waals surface area contributed by atoms with Gasteiger partial charge in [-0.1, -0.05) is 18.5 Å². The monoisotopic (exact) mass is 295 g/mol. The normalized spacial score (nSPS) is 12.4. The zero-order chi connectivity index (χ0) is 15.1. The summed E-state index contributed by atoms with van der Waals surface area (Å²) in [5, 5.41) is 14.3. The highest BCUT2D eigenvalue weighted by molar-refractivity contribution is 6.31. The summed E-state index contributed by atoms with van der Waals surface area (Å²) in [6, 6.07) is 5.82. The first-order valence-electron chi connectivity index (χ1n) is 6.10. The van der Waals surface area contributed by atoms with Crippen molar-refractivity contribution in [2.45, 2.75) is 26.3 Å². The number of nitrogens with zero attached hydrogens (tertiary/aromatic N) is 1. The van der Waals surface area contributed by atoms with Gasteiger partial charge in [0.2, 0.25) is 0 Å². The van der Waals surface area contributed by atoms with Gasteiger partial charge in [0, 0.05) is 17.9 Å². The predicted molar refractivity (Wildman–Crippen MR) is 76.6 cm³/mol. The molecule has 2 N–H and O–H groups in total. The molecular weight excluding hydrogens is 281 g/mol. The zero-order valence-electron chi connectivity index (χ0n) is 11.2. The van der Waals surface area contributed by atoms with Gasteiger partial charge in [0.15, 0.2) is 0 Å². The molecule has 0 aliphatic carbocycles. The fraction of sp³-hybridized carbons (Fsp3) is 0.286. The lowest BCUT2D eigenvalue weighted by Crippen LogP contribution is -2.33. The molecule has 20 heavy (non-hydrogen) atoms. The van der Waals surface area contributed by atoms with Crippen LogP contribution in [0.1, 0.15) is 20.3 Å². The molecule has 1 unspecified atom stereocenters. The van der Waals surface area contributed by atoms with E-state index in [1.807, 2.05) is 19.9 Å². The van der Waals surface area contributed by atoms with Crippen LogP contribution in [0, 0.1) is 17.1 Å². The van der Waals surface area contributed by atoms with Gasteiger partial charge < -0.3 is 10.6 Å². The van der Waals surface area contributed by atoms with Gasteiger partial charge in [0.25, 0.3) is 5.91 Å². The Hall–Kier alpha value is -2.06. The number of amides is 1. The summed E-state index contributed by atoms with van der Waals surface area (Å²) in [4.78, 5) is 11.8. The summed E-state index contributed by atoms with van der Waals surface area (Å²) < 4.78 is 13.0. The van der Waals surface area contributed by atoms with Crippen LogP contribution in [0.15, 0.2) is 30.0 Å². The second-order valence-electron chi connectivity index (χ2n) is 4.23. The van der Waals surface area contributed by atoms with E-state index >= 15 is 0 Å². The molecule has 0 aliphatic heterocycles. The molecule has 1 amide bonds. The number of rotatable bonds is 5. The van der Waals surface area contributed by atoms with Gasteiger partial charge in [-0.3, -0.25) is 4.79 Å². The van der Waals surface area contributed by atoms with Crippen molar-refractivity contribution in [3.63, 3.8) is 0 Å². The smallest absolute Gasteiger partial charge is 0.263 e. The van der Waals surface area contributed by atoms with Gasteiger partial charge in [0.1, 0.15) is 17.5 Å². The number of halogens is 2. The van der Waals surface area contributed by atoms with E-state index in [2.05, 4.69) is 10.6 Å². The molecule has 1 aromatic carbocycles. The van der Waals surface area contributed by atoms with E-state index in [9.17, 15) is 9.18 Å². The number of carbonyl (C=O) groups excluding carboxylic acids is 1. The first kappa shape index (κ1) is 16.0. The standard InChI is InChI=1S/C14H15ClFN3O/c1-3-9(2)19-14(20)10(7-17)8-18-11-4-5-13(16)12(15)6-11/h4-6,8-9,18H,3H2,1-2H3,(H,19,20)/b10-8-. The number of benzene rings is 1. The lowest BCUT2D eigenvalue weighted by atomic mass is 10.2. The van der Waals surface area contributed by atoms with Gasteiger partial charge >= 0.3 is 0 Å². The third kappa shape index (κ3) is 4.56. The van der Waals surface area contributed by atoms with Crippen molar-refractivity contribution in [2.75, 3.05) is 5.32 Å². The third-order valence-electron chi connectivity index (χ3n) is 2.66. The average molecular weight is 296 g/mol. The van der Waals surface area contributed by atoms with E-state index < -0.39 is 11.7 Å². The molecule has 0 heterocycles. The van der Waals surface area contributed by atoms with Crippen molar-refractivity contribution in [1.29, 1.82) is 5.26 Å². The van der Waals surface area contributed by atoms with Crippen LogP contribution in [0.4, 0.5) is 10.1 Å². The molecule has 0 radical (unpaired) electrons. The van der Waals surface area contributed by atoms with Crippen molar-refractivity contribution in [3.8, 4) is 6.07 Å². The second-order valence-corrected chi connectivity index (χ2v) is 4.63. The number of anilines is 1. The van der Waals surface area contributed by atoms with Gasteiger partial charge in [-0.05, 0) is 31.5 Å². The fourth-order valence-corrected chi connectivity index (χ4v) is 1.47. The van der Waals surface area contributed by atoms with E-state index in [0.717, 1.165) is 6.42 Å². The van der Waals surface area contributed by atoms with Crippen molar-refractivity contribution >= 4 is 23.2 Å². The molecule has 0 bridgehead atoms. The first-order valence-corrected chi connectivity index (χ1v) is 6.48. The summed E-state index contributed by atoms with van der Waals surface area (Å²) in [6.07, 6.45) is 2.03. The second kappa shape index (κ2) is 7.51. The molecule has 0 aliphatic rings. The minimum atomic E-state index is -0.531. The Morgan fingerprint density at radius 2 is 2.30 bits per heavy atom. The highest BCUT2D eigenvalue weighted by Crippen LogP contribution is 2.19. The van der Waals surface area contributed by atoms with Crippen molar-refractivity contribution in [3.05, 3.63) is 40.8 Å². The van der Waals surface area contributed by atoms with E-state index in [-0.39, 0.29) is 16.6 Å². The SMILES string of the molecule is CCC(C)NC(=O)/C(C#N)=C\Nc1ccc(F)c(Cl)c1. The maximum Gasteiger partial charge on any atom is 0.263 e. The maximum absolute atomic E-state index is 13.0. The number of nitriles is 1. The fourth-order valence-electron chi connectivity index (χ4n) is 1.29. The lowest BCUT2D eigenvalue weighted by molar-refractivity contribution is -0.117. The Balaban J connectivity index is 2.77. The molecule has 106 valence electrons. The Morgan fingerprint density at radius 1 is 1.60 bits per heavy atom. The molecule has 0 saturated heterocycles. The van der Waals surface area contributed by atoms with Crippen molar-refractivity contribution in [1.82, 2.24) is 5.32 Å². The molecule has 0 saturated carbocycles. The van der Waals surface area contributed by atoms with Crippen LogP contribution in [0.3, 0.4) is 0 Å². The van der Waals surface area contributed by atoms with Gasteiger partial charge in [-0.25, -0.2) is 4.39 Å².